The molecule has 0 spiro atoms. The Hall–Kier alpha value is -1.76. The van der Waals surface area contributed by atoms with Crippen molar-refractivity contribution in [2.24, 2.45) is 11.7 Å². The first-order chi connectivity index (χ1) is 11.3. The largest absolute Gasteiger partial charge is 0.416 e. The summed E-state index contributed by atoms with van der Waals surface area (Å²) in [4.78, 5) is 16.2. The van der Waals surface area contributed by atoms with E-state index in [9.17, 15) is 18.0 Å². The Morgan fingerprint density at radius 1 is 1.12 bits per heavy atom. The lowest BCUT2D eigenvalue weighted by atomic mass is 10.1. The Bertz CT molecular complexity index is 597. The van der Waals surface area contributed by atoms with Crippen LogP contribution < -0.4 is 10.6 Å². The third-order valence-corrected chi connectivity index (χ3v) is 4.95. The van der Waals surface area contributed by atoms with E-state index in [1.54, 1.807) is 6.07 Å². The van der Waals surface area contributed by atoms with Gasteiger partial charge in [-0.15, -0.1) is 0 Å². The summed E-state index contributed by atoms with van der Waals surface area (Å²) in [7, 11) is 0. The van der Waals surface area contributed by atoms with Crippen LogP contribution in [-0.4, -0.2) is 43.0 Å². The van der Waals surface area contributed by atoms with Gasteiger partial charge in [-0.2, -0.15) is 13.2 Å². The second kappa shape index (κ2) is 6.63. The summed E-state index contributed by atoms with van der Waals surface area (Å²) in [6.45, 7) is 2.18. The lowest BCUT2D eigenvalue weighted by molar-refractivity contribution is -0.137. The number of nitrogens with two attached hydrogens (primary N) is 1. The molecule has 1 amide bonds. The Kier molecular flexibility index (Phi) is 4.71. The molecule has 1 heterocycles. The Morgan fingerprint density at radius 3 is 2.42 bits per heavy atom. The van der Waals surface area contributed by atoms with Gasteiger partial charge < -0.3 is 15.5 Å². The van der Waals surface area contributed by atoms with Crippen LogP contribution in [0.4, 0.5) is 18.9 Å². The monoisotopic (exact) mass is 341 g/mol. The third-order valence-electron chi connectivity index (χ3n) is 4.95. The molecule has 4 nitrogen and oxygen atoms in total. The molecular weight excluding hydrogens is 319 g/mol. The van der Waals surface area contributed by atoms with Crippen LogP contribution in [-0.2, 0) is 11.0 Å². The smallest absolute Gasteiger partial charge is 0.368 e. The number of carbonyl (C=O) groups is 1. The van der Waals surface area contributed by atoms with E-state index >= 15 is 0 Å². The van der Waals surface area contributed by atoms with Crippen molar-refractivity contribution in [2.75, 3.05) is 31.1 Å². The maximum absolute atomic E-state index is 12.8. The number of hydrogen-bond acceptors (Lipinski definition) is 3. The third kappa shape index (κ3) is 3.66. The minimum absolute atomic E-state index is 0.0140. The number of piperazine rings is 1. The highest BCUT2D eigenvalue weighted by Crippen LogP contribution is 2.32. The predicted molar refractivity (Wildman–Crippen MR) is 85.6 cm³/mol. The first-order valence-corrected chi connectivity index (χ1v) is 8.31. The van der Waals surface area contributed by atoms with Crippen molar-refractivity contribution in [3.8, 4) is 0 Å². The minimum Gasteiger partial charge on any atom is -0.368 e. The van der Waals surface area contributed by atoms with Crippen LogP contribution >= 0.6 is 0 Å². The van der Waals surface area contributed by atoms with Crippen molar-refractivity contribution in [2.45, 2.75) is 31.5 Å². The summed E-state index contributed by atoms with van der Waals surface area (Å²) >= 11 is 0. The lowest BCUT2D eigenvalue weighted by Gasteiger charge is -2.37. The average molecular weight is 341 g/mol. The lowest BCUT2D eigenvalue weighted by Crippen LogP contribution is -2.50. The quantitative estimate of drug-likeness (QED) is 0.899. The standard InChI is InChI=1S/C17H22F3N3O/c18-17(19,20)13-2-1-3-15(11-13)22-6-8-23(9-7-22)16(24)12-4-5-14(21)10-12/h1-3,11-12,14H,4-10,21H2. The van der Waals surface area contributed by atoms with E-state index in [1.807, 2.05) is 9.80 Å². The molecule has 1 aliphatic heterocycles. The minimum atomic E-state index is -4.34. The molecule has 1 aliphatic carbocycles. The van der Waals surface area contributed by atoms with E-state index in [4.69, 9.17) is 5.73 Å². The second-order valence-electron chi connectivity index (χ2n) is 6.63. The van der Waals surface area contributed by atoms with Gasteiger partial charge in [0.05, 0.1) is 5.56 Å². The number of nitrogens with zero attached hydrogens (tertiary/aromatic N) is 2. The van der Waals surface area contributed by atoms with Gasteiger partial charge in [0.25, 0.3) is 0 Å². The van der Waals surface area contributed by atoms with E-state index < -0.39 is 11.7 Å². The average Bonchev–Trinajstić information content (AvgIpc) is 3.00. The number of alkyl halides is 3. The second-order valence-corrected chi connectivity index (χ2v) is 6.63. The van der Waals surface area contributed by atoms with Crippen LogP contribution in [0.15, 0.2) is 24.3 Å². The molecule has 1 aromatic carbocycles. The number of halogens is 3. The van der Waals surface area contributed by atoms with Gasteiger partial charge in [0.2, 0.25) is 5.91 Å². The number of anilines is 1. The van der Waals surface area contributed by atoms with Gasteiger partial charge in [-0.3, -0.25) is 4.79 Å². The highest BCUT2D eigenvalue weighted by molar-refractivity contribution is 5.79. The molecule has 2 unspecified atom stereocenters. The maximum atomic E-state index is 12.8. The SMILES string of the molecule is NC1CCC(C(=O)N2CCN(c3cccc(C(F)(F)F)c3)CC2)C1. The van der Waals surface area contributed by atoms with Gasteiger partial charge in [-0.25, -0.2) is 0 Å². The Morgan fingerprint density at radius 2 is 1.83 bits per heavy atom. The fraction of sp³-hybridized carbons (Fsp3) is 0.588. The predicted octanol–water partition coefficient (Wildman–Crippen LogP) is 2.48. The number of hydrogen-bond donors (Lipinski definition) is 1. The van der Waals surface area contributed by atoms with Gasteiger partial charge in [0.15, 0.2) is 0 Å². The molecule has 2 atom stereocenters. The van der Waals surface area contributed by atoms with E-state index in [0.29, 0.717) is 31.9 Å². The van der Waals surface area contributed by atoms with Crippen molar-refractivity contribution in [1.29, 1.82) is 0 Å². The fourth-order valence-electron chi connectivity index (χ4n) is 3.56. The molecule has 1 aromatic rings. The first-order valence-electron chi connectivity index (χ1n) is 8.31. The first kappa shape index (κ1) is 17.1. The van der Waals surface area contributed by atoms with Crippen molar-refractivity contribution < 1.29 is 18.0 Å². The van der Waals surface area contributed by atoms with Gasteiger partial charge in [-0.05, 0) is 37.5 Å². The zero-order chi connectivity index (χ0) is 17.3. The van der Waals surface area contributed by atoms with Crippen LogP contribution in [0, 0.1) is 5.92 Å². The van der Waals surface area contributed by atoms with Crippen molar-refractivity contribution >= 4 is 11.6 Å². The normalized spacial score (nSPS) is 25.2. The summed E-state index contributed by atoms with van der Waals surface area (Å²) in [5.41, 5.74) is 5.78. The molecule has 0 aromatic heterocycles. The molecule has 0 bridgehead atoms. The molecule has 2 fully saturated rings. The van der Waals surface area contributed by atoms with Gasteiger partial charge >= 0.3 is 6.18 Å². The fourth-order valence-corrected chi connectivity index (χ4v) is 3.56. The molecule has 2 aliphatic rings. The van der Waals surface area contributed by atoms with Crippen LogP contribution in [0.1, 0.15) is 24.8 Å². The number of amides is 1. The molecule has 24 heavy (non-hydrogen) atoms. The molecule has 0 radical (unpaired) electrons. The van der Waals surface area contributed by atoms with Crippen LogP contribution in [0.25, 0.3) is 0 Å². The summed E-state index contributed by atoms with van der Waals surface area (Å²) in [5, 5.41) is 0. The zero-order valence-corrected chi connectivity index (χ0v) is 13.4. The summed E-state index contributed by atoms with van der Waals surface area (Å²) in [6, 6.07) is 5.48. The summed E-state index contributed by atoms with van der Waals surface area (Å²) < 4.78 is 38.5. The highest BCUT2D eigenvalue weighted by atomic mass is 19.4. The maximum Gasteiger partial charge on any atom is 0.416 e. The van der Waals surface area contributed by atoms with Gasteiger partial charge in [0.1, 0.15) is 0 Å². The topological polar surface area (TPSA) is 49.6 Å². The molecule has 2 N–H and O–H groups in total. The molecular formula is C17H22F3N3O. The number of carbonyl (C=O) groups excluding carboxylic acids is 1. The molecule has 1 saturated carbocycles. The van der Waals surface area contributed by atoms with Crippen molar-refractivity contribution in [3.05, 3.63) is 29.8 Å². The Balaban J connectivity index is 1.60. The summed E-state index contributed by atoms with van der Waals surface area (Å²) in [5.74, 6) is 0.159. The van der Waals surface area contributed by atoms with Crippen molar-refractivity contribution in [3.63, 3.8) is 0 Å². The highest BCUT2D eigenvalue weighted by Gasteiger charge is 2.33. The molecule has 132 valence electrons. The van der Waals surface area contributed by atoms with Crippen molar-refractivity contribution in [1.82, 2.24) is 4.90 Å². The van der Waals surface area contributed by atoms with Crippen LogP contribution in [0.2, 0.25) is 0 Å². The number of rotatable bonds is 2. The molecule has 1 saturated heterocycles. The van der Waals surface area contributed by atoms with E-state index in [1.165, 1.54) is 12.1 Å². The van der Waals surface area contributed by atoms with E-state index in [-0.39, 0.29) is 17.9 Å². The van der Waals surface area contributed by atoms with Crippen LogP contribution in [0.5, 0.6) is 0 Å². The summed E-state index contributed by atoms with van der Waals surface area (Å²) in [6.07, 6.45) is -1.86. The van der Waals surface area contributed by atoms with Gasteiger partial charge in [0, 0.05) is 43.8 Å². The zero-order valence-electron chi connectivity index (χ0n) is 13.4. The molecule has 7 heteroatoms. The van der Waals surface area contributed by atoms with Gasteiger partial charge in [-0.1, -0.05) is 6.07 Å². The van der Waals surface area contributed by atoms with E-state index in [2.05, 4.69) is 0 Å². The molecule has 3 rings (SSSR count). The number of benzene rings is 1. The van der Waals surface area contributed by atoms with Crippen LogP contribution in [0.3, 0.4) is 0 Å². The van der Waals surface area contributed by atoms with E-state index in [0.717, 1.165) is 25.3 Å². The Labute approximate surface area is 139 Å².